The van der Waals surface area contributed by atoms with Crippen LogP contribution >= 0.6 is 0 Å². The van der Waals surface area contributed by atoms with E-state index in [0.717, 1.165) is 53.7 Å². The number of carbonyl (C=O) groups is 1. The highest BCUT2D eigenvalue weighted by atomic mass is 16.5. The zero-order valence-electron chi connectivity index (χ0n) is 12.6. The van der Waals surface area contributed by atoms with Gasteiger partial charge in [-0.05, 0) is 31.4 Å². The summed E-state index contributed by atoms with van der Waals surface area (Å²) < 4.78 is 5.25. The second-order valence-electron chi connectivity index (χ2n) is 5.51. The molecule has 2 aromatic rings. The summed E-state index contributed by atoms with van der Waals surface area (Å²) in [6.45, 7) is 4.06. The van der Waals surface area contributed by atoms with E-state index in [4.69, 9.17) is 4.74 Å². The average Bonchev–Trinajstić information content (AvgIpc) is 3.02. The summed E-state index contributed by atoms with van der Waals surface area (Å²) in [7, 11) is 1.64. The standard InChI is InChI=1S/C17H20N2O2/c1-12-13-7-3-4-8-14(13)18-15(11-21-2)16(12)17(20)19-9-5-6-10-19/h3-4,7-8H,5-6,9-11H2,1-2H3. The molecule has 0 radical (unpaired) electrons. The molecule has 4 nitrogen and oxygen atoms in total. The summed E-state index contributed by atoms with van der Waals surface area (Å²) in [5, 5.41) is 1.04. The Morgan fingerprint density at radius 2 is 2.00 bits per heavy atom. The molecule has 0 N–H and O–H groups in total. The molecular weight excluding hydrogens is 264 g/mol. The Morgan fingerprint density at radius 3 is 2.71 bits per heavy atom. The molecule has 1 aromatic heterocycles. The number of fused-ring (bicyclic) bond motifs is 1. The van der Waals surface area contributed by atoms with Crippen molar-refractivity contribution in [3.63, 3.8) is 0 Å². The maximum absolute atomic E-state index is 12.8. The highest BCUT2D eigenvalue weighted by Gasteiger charge is 2.25. The van der Waals surface area contributed by atoms with Crippen molar-refractivity contribution in [3.05, 3.63) is 41.1 Å². The minimum absolute atomic E-state index is 0.0929. The number of carbonyl (C=O) groups excluding carboxylic acids is 1. The average molecular weight is 284 g/mol. The zero-order valence-corrected chi connectivity index (χ0v) is 12.6. The molecule has 0 aliphatic carbocycles. The molecule has 0 unspecified atom stereocenters. The highest BCUT2D eigenvalue weighted by molar-refractivity contribution is 6.01. The van der Waals surface area contributed by atoms with E-state index < -0.39 is 0 Å². The van der Waals surface area contributed by atoms with Gasteiger partial charge in [0.1, 0.15) is 0 Å². The number of likely N-dealkylation sites (tertiary alicyclic amines) is 1. The van der Waals surface area contributed by atoms with Gasteiger partial charge < -0.3 is 9.64 Å². The van der Waals surface area contributed by atoms with Crippen molar-refractivity contribution in [1.29, 1.82) is 0 Å². The van der Waals surface area contributed by atoms with Crippen LogP contribution in [0.1, 0.15) is 34.5 Å². The van der Waals surface area contributed by atoms with Gasteiger partial charge in [0.15, 0.2) is 0 Å². The molecule has 1 aliphatic rings. The van der Waals surface area contributed by atoms with Crippen molar-refractivity contribution >= 4 is 16.8 Å². The number of benzene rings is 1. The largest absolute Gasteiger partial charge is 0.378 e. The Balaban J connectivity index is 2.15. The zero-order chi connectivity index (χ0) is 14.8. The van der Waals surface area contributed by atoms with Crippen molar-refractivity contribution in [2.75, 3.05) is 20.2 Å². The number of aryl methyl sites for hydroxylation is 1. The van der Waals surface area contributed by atoms with Crippen molar-refractivity contribution in [3.8, 4) is 0 Å². The number of ether oxygens (including phenoxy) is 1. The van der Waals surface area contributed by atoms with Crippen LogP contribution in [0, 0.1) is 6.92 Å². The number of aromatic nitrogens is 1. The van der Waals surface area contributed by atoms with E-state index in [1.807, 2.05) is 36.1 Å². The molecule has 1 fully saturated rings. The number of methoxy groups -OCH3 is 1. The van der Waals surface area contributed by atoms with E-state index in [2.05, 4.69) is 4.98 Å². The molecule has 1 aliphatic heterocycles. The van der Waals surface area contributed by atoms with Gasteiger partial charge in [0, 0.05) is 25.6 Å². The van der Waals surface area contributed by atoms with Crippen LogP contribution in [-0.2, 0) is 11.3 Å². The molecule has 1 aromatic carbocycles. The Kier molecular flexibility index (Phi) is 3.88. The van der Waals surface area contributed by atoms with Gasteiger partial charge >= 0.3 is 0 Å². The number of hydrogen-bond acceptors (Lipinski definition) is 3. The third kappa shape index (κ3) is 2.51. The molecule has 0 atom stereocenters. The molecule has 0 bridgehead atoms. The van der Waals surface area contributed by atoms with Crippen LogP contribution < -0.4 is 0 Å². The number of amides is 1. The normalized spacial score (nSPS) is 14.9. The lowest BCUT2D eigenvalue weighted by molar-refractivity contribution is 0.0786. The maximum atomic E-state index is 12.8. The van der Waals surface area contributed by atoms with Gasteiger partial charge in [0.2, 0.25) is 0 Å². The monoisotopic (exact) mass is 284 g/mol. The summed E-state index contributed by atoms with van der Waals surface area (Å²) >= 11 is 0. The first-order chi connectivity index (χ1) is 10.2. The van der Waals surface area contributed by atoms with Crippen LogP contribution in [0.15, 0.2) is 24.3 Å². The minimum Gasteiger partial charge on any atom is -0.378 e. The second-order valence-corrected chi connectivity index (χ2v) is 5.51. The Hall–Kier alpha value is -1.94. The fourth-order valence-corrected chi connectivity index (χ4v) is 3.04. The molecule has 0 spiro atoms. The smallest absolute Gasteiger partial charge is 0.256 e. The fourth-order valence-electron chi connectivity index (χ4n) is 3.04. The molecule has 110 valence electrons. The van der Waals surface area contributed by atoms with E-state index >= 15 is 0 Å². The second kappa shape index (κ2) is 5.82. The molecular formula is C17H20N2O2. The van der Waals surface area contributed by atoms with Gasteiger partial charge in [-0.1, -0.05) is 18.2 Å². The molecule has 0 saturated carbocycles. The van der Waals surface area contributed by atoms with E-state index in [9.17, 15) is 4.79 Å². The van der Waals surface area contributed by atoms with Gasteiger partial charge in [-0.2, -0.15) is 0 Å². The van der Waals surface area contributed by atoms with Gasteiger partial charge in [0.05, 0.1) is 23.4 Å². The number of nitrogens with zero attached hydrogens (tertiary/aromatic N) is 2. The van der Waals surface area contributed by atoms with Crippen LogP contribution in [0.5, 0.6) is 0 Å². The van der Waals surface area contributed by atoms with Gasteiger partial charge in [-0.25, -0.2) is 4.98 Å². The lowest BCUT2D eigenvalue weighted by atomic mass is 10.0. The van der Waals surface area contributed by atoms with Crippen LogP contribution in [0.4, 0.5) is 0 Å². The first kappa shape index (κ1) is 14.0. The molecule has 1 amide bonds. The van der Waals surface area contributed by atoms with Crippen molar-refractivity contribution in [1.82, 2.24) is 9.88 Å². The van der Waals surface area contributed by atoms with Crippen molar-refractivity contribution in [2.45, 2.75) is 26.4 Å². The van der Waals surface area contributed by atoms with Crippen LogP contribution in [0.2, 0.25) is 0 Å². The summed E-state index contributed by atoms with van der Waals surface area (Å²) in [5.41, 5.74) is 3.38. The first-order valence-corrected chi connectivity index (χ1v) is 7.39. The fraction of sp³-hybridized carbons (Fsp3) is 0.412. The molecule has 21 heavy (non-hydrogen) atoms. The molecule has 1 saturated heterocycles. The summed E-state index contributed by atoms with van der Waals surface area (Å²) in [6, 6.07) is 7.95. The highest BCUT2D eigenvalue weighted by Crippen LogP contribution is 2.25. The third-order valence-electron chi connectivity index (χ3n) is 4.12. The molecule has 2 heterocycles. The SMILES string of the molecule is COCc1nc2ccccc2c(C)c1C(=O)N1CCCC1. The number of hydrogen-bond donors (Lipinski definition) is 0. The number of rotatable bonds is 3. The molecule has 3 rings (SSSR count). The van der Waals surface area contributed by atoms with Crippen LogP contribution in [0.25, 0.3) is 10.9 Å². The van der Waals surface area contributed by atoms with E-state index in [-0.39, 0.29) is 5.91 Å². The Bertz CT molecular complexity index is 676. The summed E-state index contributed by atoms with van der Waals surface area (Å²) in [6.07, 6.45) is 2.18. The minimum atomic E-state index is 0.0929. The van der Waals surface area contributed by atoms with E-state index in [1.54, 1.807) is 7.11 Å². The number of pyridine rings is 1. The van der Waals surface area contributed by atoms with Crippen LogP contribution in [-0.4, -0.2) is 36.0 Å². The van der Waals surface area contributed by atoms with Crippen molar-refractivity contribution in [2.24, 2.45) is 0 Å². The van der Waals surface area contributed by atoms with Gasteiger partial charge in [0.25, 0.3) is 5.91 Å². The summed E-state index contributed by atoms with van der Waals surface area (Å²) in [4.78, 5) is 19.4. The van der Waals surface area contributed by atoms with Crippen LogP contribution in [0.3, 0.4) is 0 Å². The van der Waals surface area contributed by atoms with Gasteiger partial charge in [-0.3, -0.25) is 4.79 Å². The van der Waals surface area contributed by atoms with E-state index in [0.29, 0.717) is 6.61 Å². The van der Waals surface area contributed by atoms with Crippen molar-refractivity contribution < 1.29 is 9.53 Å². The van der Waals surface area contributed by atoms with E-state index in [1.165, 1.54) is 0 Å². The quantitative estimate of drug-likeness (QED) is 0.870. The maximum Gasteiger partial charge on any atom is 0.256 e. The van der Waals surface area contributed by atoms with Gasteiger partial charge in [-0.15, -0.1) is 0 Å². The Labute approximate surface area is 124 Å². The Morgan fingerprint density at radius 1 is 1.29 bits per heavy atom. The summed E-state index contributed by atoms with van der Waals surface area (Å²) in [5.74, 6) is 0.0929. The molecule has 4 heteroatoms. The predicted octanol–water partition coefficient (Wildman–Crippen LogP) is 2.93. The predicted molar refractivity (Wildman–Crippen MR) is 82.3 cm³/mol. The lowest BCUT2D eigenvalue weighted by Gasteiger charge is -2.20. The first-order valence-electron chi connectivity index (χ1n) is 7.39. The number of para-hydroxylation sites is 1. The lowest BCUT2D eigenvalue weighted by Crippen LogP contribution is -2.29. The third-order valence-corrected chi connectivity index (χ3v) is 4.12. The topological polar surface area (TPSA) is 42.4 Å².